The van der Waals surface area contributed by atoms with Crippen LogP contribution in [0.3, 0.4) is 0 Å². The highest BCUT2D eigenvalue weighted by atomic mass is 29.1. The van der Waals surface area contributed by atoms with Crippen LogP contribution in [0.4, 0.5) is 0 Å². The maximum atomic E-state index is 2.33. The second kappa shape index (κ2) is 4.80. The molecule has 3 heteroatoms. The predicted molar refractivity (Wildman–Crippen MR) is 49.1 cm³/mol. The predicted octanol–water partition coefficient (Wildman–Crippen LogP) is -0.413. The average Bonchev–Trinajstić information content (AvgIpc) is 1.36. The van der Waals surface area contributed by atoms with Gasteiger partial charge in [0, 0.05) is 8.07 Å². The van der Waals surface area contributed by atoms with Gasteiger partial charge in [-0.05, 0) is 19.5 Å². The third-order valence-corrected chi connectivity index (χ3v) is 0. The topological polar surface area (TPSA) is 0 Å². The summed E-state index contributed by atoms with van der Waals surface area (Å²) in [4.78, 5) is 0. The van der Waals surface area contributed by atoms with Gasteiger partial charge in [-0.3, -0.25) is 0 Å². The summed E-state index contributed by atoms with van der Waals surface area (Å²) in [6, 6.07) is 0. The van der Waals surface area contributed by atoms with Gasteiger partial charge in [-0.2, -0.15) is 0 Å². The van der Waals surface area contributed by atoms with Gasteiger partial charge in [0.1, 0.15) is 0 Å². The van der Waals surface area contributed by atoms with E-state index in [2.05, 4.69) is 26.2 Å². The lowest BCUT2D eigenvalue weighted by Crippen LogP contribution is -2.10. The zero-order valence-electron chi connectivity index (χ0n) is 6.50. The summed E-state index contributed by atoms with van der Waals surface area (Å²) in [6.07, 6.45) is 0. The molecule has 0 saturated heterocycles. The van der Waals surface area contributed by atoms with Crippen molar-refractivity contribution in [3.05, 3.63) is 0 Å². The summed E-state index contributed by atoms with van der Waals surface area (Å²) in [5, 5.41) is 0. The first-order chi connectivity index (χ1) is 3.00. The van der Waals surface area contributed by atoms with Crippen molar-refractivity contribution in [2.24, 2.45) is 0 Å². The van der Waals surface area contributed by atoms with E-state index in [0.717, 1.165) is 0 Å². The Bertz CT molecular complexity index is 22.4. The van der Waals surface area contributed by atoms with Crippen molar-refractivity contribution in [2.45, 2.75) is 26.2 Å². The van der Waals surface area contributed by atoms with Crippen molar-refractivity contribution in [1.82, 2.24) is 0 Å². The molecule has 0 aromatic rings. The molecule has 46 valence electrons. The van der Waals surface area contributed by atoms with Crippen LogP contribution >= 0.6 is 0 Å². The highest BCUT2D eigenvalue weighted by molar-refractivity contribution is 6.75. The van der Waals surface area contributed by atoms with Crippen LogP contribution in [0.1, 0.15) is 0 Å². The zero-order valence-corrected chi connectivity index (χ0v) is 11.5. The van der Waals surface area contributed by atoms with E-state index in [1.54, 1.807) is 0 Å². The van der Waals surface area contributed by atoms with Crippen LogP contribution in [0, 0.1) is 0 Å². The monoisotopic (exact) mass is 150 g/mol. The van der Waals surface area contributed by atoms with Crippen LogP contribution in [0.25, 0.3) is 0 Å². The van der Waals surface area contributed by atoms with Crippen LogP contribution in [-0.2, 0) is 0 Å². The molecule has 0 N–H and O–H groups in total. The van der Waals surface area contributed by atoms with E-state index >= 15 is 0 Å². The van der Waals surface area contributed by atoms with Crippen LogP contribution in [0.2, 0.25) is 26.2 Å². The molecule has 7 heavy (non-hydrogen) atoms. The van der Waals surface area contributed by atoms with E-state index < -0.39 is 8.07 Å². The Morgan fingerprint density at radius 2 is 0.857 bits per heavy atom. The Labute approximate surface area is 54.4 Å². The summed E-state index contributed by atoms with van der Waals surface area (Å²) >= 11 is 0. The van der Waals surface area contributed by atoms with Gasteiger partial charge in [0.2, 0.25) is 0 Å². The maximum absolute atomic E-state index is 2.33. The van der Waals surface area contributed by atoms with Gasteiger partial charge >= 0.3 is 0 Å². The highest BCUT2D eigenvalue weighted by Crippen LogP contribution is 1.94. The number of hydrogen-bond acceptors (Lipinski definition) is 0. The molecule has 0 saturated carbocycles. The van der Waals surface area contributed by atoms with Crippen molar-refractivity contribution in [1.29, 1.82) is 0 Å². The second-order valence-corrected chi connectivity index (χ2v) is 9.00. The lowest BCUT2D eigenvalue weighted by Gasteiger charge is -2.01. The Morgan fingerprint density at radius 3 is 0.857 bits per heavy atom. The lowest BCUT2D eigenvalue weighted by atomic mass is 11.8. The third-order valence-electron chi connectivity index (χ3n) is 0. The van der Waals surface area contributed by atoms with Gasteiger partial charge in [-0.25, -0.2) is 0 Å². The van der Waals surface area contributed by atoms with Gasteiger partial charge in [0.15, 0.2) is 0 Å². The SMILES string of the molecule is C[Si](C)(C)C.[SiH3][SiH3]. The molecule has 0 nitrogen and oxygen atoms in total. The fourth-order valence-electron chi connectivity index (χ4n) is 0. The smallest absolute Gasteiger partial charge is 0.0411 e. The van der Waals surface area contributed by atoms with Crippen LogP contribution < -0.4 is 0 Å². The fourth-order valence-corrected chi connectivity index (χ4v) is 0. The van der Waals surface area contributed by atoms with E-state index in [9.17, 15) is 0 Å². The van der Waals surface area contributed by atoms with Crippen LogP contribution in [-0.4, -0.2) is 27.6 Å². The van der Waals surface area contributed by atoms with Crippen LogP contribution in [0.5, 0.6) is 0 Å². The van der Waals surface area contributed by atoms with Gasteiger partial charge in [0.25, 0.3) is 0 Å². The molecule has 0 bridgehead atoms. The normalized spacial score (nSPS) is 10.3. The van der Waals surface area contributed by atoms with Crippen molar-refractivity contribution in [3.63, 3.8) is 0 Å². The van der Waals surface area contributed by atoms with E-state index in [4.69, 9.17) is 0 Å². The molecular formula is C4H18Si3. The van der Waals surface area contributed by atoms with E-state index in [1.807, 2.05) is 0 Å². The quantitative estimate of drug-likeness (QED) is 0.412. The first-order valence-electron chi connectivity index (χ1n) is 3.00. The molecule has 0 aromatic heterocycles. The molecule has 0 unspecified atom stereocenters. The third kappa shape index (κ3) is 340. The molecule has 0 fully saturated rings. The highest BCUT2D eigenvalue weighted by Gasteiger charge is 1.99. The van der Waals surface area contributed by atoms with Crippen LogP contribution in [0.15, 0.2) is 0 Å². The summed E-state index contributed by atoms with van der Waals surface area (Å²) in [6.45, 7) is 9.31. The largest absolute Gasteiger partial charge is 0.0697 e. The van der Waals surface area contributed by atoms with Gasteiger partial charge in [0.05, 0.1) is 0 Å². The molecule has 0 atom stereocenters. The summed E-state index contributed by atoms with van der Waals surface area (Å²) in [5.41, 5.74) is 0. The minimum Gasteiger partial charge on any atom is -0.0697 e. The number of rotatable bonds is 0. The fraction of sp³-hybridized carbons (Fsp3) is 1.00. The maximum Gasteiger partial charge on any atom is 0.0411 e. The minimum atomic E-state index is -0.611. The Balaban J connectivity index is 0. The van der Waals surface area contributed by atoms with E-state index in [0.29, 0.717) is 0 Å². The molecule has 0 radical (unpaired) electrons. The van der Waals surface area contributed by atoms with Crippen molar-refractivity contribution in [3.8, 4) is 0 Å². The summed E-state index contributed by atoms with van der Waals surface area (Å²) < 4.78 is 0. The molecule has 0 aliphatic heterocycles. The molecule has 0 heterocycles. The standard InChI is InChI=1S/C4H12Si.H6Si2/c1-5(2,3)4;1-2/h1-4H3;1-2H3. The number of hydrogen-bond donors (Lipinski definition) is 0. The Hall–Kier alpha value is 0.651. The molecule has 0 amide bonds. The molecule has 0 aromatic carbocycles. The molecule has 0 rings (SSSR count). The first kappa shape index (κ1) is 10.6. The average molecular weight is 150 g/mol. The molecular weight excluding hydrogens is 132 g/mol. The summed E-state index contributed by atoms with van der Waals surface area (Å²) in [7, 11) is 2.28. The van der Waals surface area contributed by atoms with Crippen molar-refractivity contribution >= 4 is 27.6 Å². The Morgan fingerprint density at radius 1 is 0.857 bits per heavy atom. The van der Waals surface area contributed by atoms with Gasteiger partial charge < -0.3 is 0 Å². The second-order valence-electron chi connectivity index (χ2n) is 3.00. The molecule has 0 aliphatic rings. The van der Waals surface area contributed by atoms with Gasteiger partial charge in [-0.1, -0.05) is 26.2 Å². The summed E-state index contributed by atoms with van der Waals surface area (Å²) in [5.74, 6) is 0. The Kier molecular flexibility index (Phi) is 7.27. The first-order valence-corrected chi connectivity index (χ1v) is 15.0. The molecule has 0 aliphatic carbocycles. The van der Waals surface area contributed by atoms with Crippen molar-refractivity contribution < 1.29 is 0 Å². The zero-order chi connectivity index (χ0) is 6.50. The van der Waals surface area contributed by atoms with Crippen molar-refractivity contribution in [2.75, 3.05) is 0 Å². The molecule has 0 spiro atoms. The van der Waals surface area contributed by atoms with Gasteiger partial charge in [-0.15, -0.1) is 0 Å². The lowest BCUT2D eigenvalue weighted by molar-refractivity contribution is 1.71. The van der Waals surface area contributed by atoms with E-state index in [-0.39, 0.29) is 0 Å². The van der Waals surface area contributed by atoms with E-state index in [1.165, 1.54) is 19.5 Å². The minimum absolute atomic E-state index is 0.611.